The summed E-state index contributed by atoms with van der Waals surface area (Å²) in [6.07, 6.45) is 0.897. The minimum absolute atomic E-state index is 0.0847. The molecule has 1 unspecified atom stereocenters. The van der Waals surface area contributed by atoms with Crippen LogP contribution in [0, 0.1) is 0 Å². The fourth-order valence-corrected chi connectivity index (χ4v) is 2.58. The van der Waals surface area contributed by atoms with E-state index < -0.39 is 6.04 Å². The van der Waals surface area contributed by atoms with Crippen LogP contribution < -0.4 is 10.2 Å². The van der Waals surface area contributed by atoms with Crippen LogP contribution in [0.2, 0.25) is 0 Å². The van der Waals surface area contributed by atoms with E-state index in [2.05, 4.69) is 25.2 Å². The Hall–Kier alpha value is -1.55. The molecule has 1 atom stereocenters. The van der Waals surface area contributed by atoms with Gasteiger partial charge >= 0.3 is 0 Å². The maximum absolute atomic E-state index is 12.0. The summed E-state index contributed by atoms with van der Waals surface area (Å²) in [6.45, 7) is 5.59. The molecule has 2 N–H and O–H groups in total. The van der Waals surface area contributed by atoms with E-state index in [1.165, 1.54) is 5.56 Å². The van der Waals surface area contributed by atoms with Crippen LogP contribution in [0.5, 0.6) is 0 Å². The summed E-state index contributed by atoms with van der Waals surface area (Å²) in [6, 6.07) is 7.65. The zero-order valence-electron chi connectivity index (χ0n) is 11.6. The molecule has 0 aliphatic carbocycles. The van der Waals surface area contributed by atoms with Gasteiger partial charge in [0, 0.05) is 18.8 Å². The SMILES string of the molecule is CC(C)c1ccccc1N1CCCNC(=O)C1CO. The number of nitrogens with one attached hydrogen (secondary N) is 1. The first kappa shape index (κ1) is 13.9. The van der Waals surface area contributed by atoms with Crippen LogP contribution in [0.25, 0.3) is 0 Å². The Balaban J connectivity index is 2.39. The van der Waals surface area contributed by atoms with Gasteiger partial charge in [-0.25, -0.2) is 0 Å². The van der Waals surface area contributed by atoms with Crippen molar-refractivity contribution in [1.82, 2.24) is 5.32 Å². The number of aliphatic hydroxyl groups is 1. The van der Waals surface area contributed by atoms with Crippen molar-refractivity contribution in [1.29, 1.82) is 0 Å². The highest BCUT2D eigenvalue weighted by Gasteiger charge is 2.29. The van der Waals surface area contributed by atoms with Gasteiger partial charge in [0.05, 0.1) is 6.61 Å². The van der Waals surface area contributed by atoms with E-state index in [0.29, 0.717) is 12.5 Å². The molecule has 4 nitrogen and oxygen atoms in total. The van der Waals surface area contributed by atoms with E-state index in [1.807, 2.05) is 23.1 Å². The van der Waals surface area contributed by atoms with Crippen LogP contribution in [0.3, 0.4) is 0 Å². The molecule has 4 heteroatoms. The topological polar surface area (TPSA) is 52.6 Å². The first-order chi connectivity index (χ1) is 9.15. The Bertz CT molecular complexity index is 446. The molecule has 2 rings (SSSR count). The zero-order chi connectivity index (χ0) is 13.8. The van der Waals surface area contributed by atoms with Gasteiger partial charge in [0.2, 0.25) is 5.91 Å². The Labute approximate surface area is 114 Å². The largest absolute Gasteiger partial charge is 0.394 e. The highest BCUT2D eigenvalue weighted by Crippen LogP contribution is 2.29. The molecule has 0 spiro atoms. The van der Waals surface area contributed by atoms with Gasteiger partial charge in [-0.05, 0) is 24.0 Å². The monoisotopic (exact) mass is 262 g/mol. The van der Waals surface area contributed by atoms with Gasteiger partial charge in [0.1, 0.15) is 6.04 Å². The third kappa shape index (κ3) is 2.89. The lowest BCUT2D eigenvalue weighted by Gasteiger charge is -2.31. The predicted molar refractivity (Wildman–Crippen MR) is 76.4 cm³/mol. The molecule has 19 heavy (non-hydrogen) atoms. The highest BCUT2D eigenvalue weighted by atomic mass is 16.3. The van der Waals surface area contributed by atoms with Crippen LogP contribution in [-0.2, 0) is 4.79 Å². The minimum Gasteiger partial charge on any atom is -0.394 e. The average molecular weight is 262 g/mol. The fourth-order valence-electron chi connectivity index (χ4n) is 2.58. The molecule has 1 amide bonds. The Morgan fingerprint density at radius 3 is 2.84 bits per heavy atom. The number of aliphatic hydroxyl groups excluding tert-OH is 1. The molecule has 0 aromatic heterocycles. The fraction of sp³-hybridized carbons (Fsp3) is 0.533. The van der Waals surface area contributed by atoms with Gasteiger partial charge in [0.25, 0.3) is 0 Å². The molecule has 1 aliphatic heterocycles. The molecule has 104 valence electrons. The van der Waals surface area contributed by atoms with Crippen molar-refractivity contribution in [2.45, 2.75) is 32.2 Å². The number of carbonyl (C=O) groups is 1. The van der Waals surface area contributed by atoms with E-state index in [9.17, 15) is 9.90 Å². The summed E-state index contributed by atoms with van der Waals surface area (Å²) in [5.41, 5.74) is 2.28. The Morgan fingerprint density at radius 2 is 2.16 bits per heavy atom. The van der Waals surface area contributed by atoms with Gasteiger partial charge in [0.15, 0.2) is 0 Å². The van der Waals surface area contributed by atoms with Crippen molar-refractivity contribution in [2.24, 2.45) is 0 Å². The van der Waals surface area contributed by atoms with Gasteiger partial charge in [-0.2, -0.15) is 0 Å². The van der Waals surface area contributed by atoms with Gasteiger partial charge < -0.3 is 15.3 Å². The number of para-hydroxylation sites is 1. The lowest BCUT2D eigenvalue weighted by molar-refractivity contribution is -0.122. The molecular formula is C15H22N2O2. The lowest BCUT2D eigenvalue weighted by Crippen LogP contribution is -2.47. The second-order valence-corrected chi connectivity index (χ2v) is 5.25. The van der Waals surface area contributed by atoms with Crippen LogP contribution in [0.1, 0.15) is 31.7 Å². The van der Waals surface area contributed by atoms with Crippen molar-refractivity contribution in [3.63, 3.8) is 0 Å². The second-order valence-electron chi connectivity index (χ2n) is 5.25. The number of hydrogen-bond donors (Lipinski definition) is 2. The van der Waals surface area contributed by atoms with Crippen molar-refractivity contribution < 1.29 is 9.90 Å². The smallest absolute Gasteiger partial charge is 0.245 e. The third-order valence-electron chi connectivity index (χ3n) is 3.60. The molecule has 1 heterocycles. The Kier molecular flexibility index (Phi) is 4.43. The van der Waals surface area contributed by atoms with Crippen LogP contribution in [0.4, 0.5) is 5.69 Å². The first-order valence-electron chi connectivity index (χ1n) is 6.89. The quantitative estimate of drug-likeness (QED) is 0.868. The summed E-state index contributed by atoms with van der Waals surface area (Å²) >= 11 is 0. The van der Waals surface area contributed by atoms with Crippen molar-refractivity contribution in [3.05, 3.63) is 29.8 Å². The zero-order valence-corrected chi connectivity index (χ0v) is 11.6. The van der Waals surface area contributed by atoms with Crippen molar-refractivity contribution in [2.75, 3.05) is 24.6 Å². The number of benzene rings is 1. The summed E-state index contributed by atoms with van der Waals surface area (Å²) < 4.78 is 0. The molecule has 1 aromatic rings. The molecule has 0 saturated carbocycles. The van der Waals surface area contributed by atoms with E-state index in [-0.39, 0.29) is 12.5 Å². The molecule has 0 bridgehead atoms. The number of anilines is 1. The van der Waals surface area contributed by atoms with Crippen LogP contribution in [-0.4, -0.2) is 36.8 Å². The summed E-state index contributed by atoms with van der Waals surface area (Å²) in [5, 5.41) is 12.4. The van der Waals surface area contributed by atoms with Crippen molar-refractivity contribution >= 4 is 11.6 Å². The number of hydrogen-bond acceptors (Lipinski definition) is 3. The maximum atomic E-state index is 12.0. The van der Waals surface area contributed by atoms with E-state index in [4.69, 9.17) is 0 Å². The van der Waals surface area contributed by atoms with Crippen molar-refractivity contribution in [3.8, 4) is 0 Å². The standard InChI is InChI=1S/C15H22N2O2/c1-11(2)12-6-3-4-7-13(12)17-9-5-8-16-15(19)14(17)10-18/h3-4,6-7,11,14,18H,5,8-10H2,1-2H3,(H,16,19). The Morgan fingerprint density at radius 1 is 1.42 bits per heavy atom. The number of rotatable bonds is 3. The average Bonchev–Trinajstić information content (AvgIpc) is 2.60. The predicted octanol–water partition coefficient (Wildman–Crippen LogP) is 1.50. The maximum Gasteiger partial charge on any atom is 0.245 e. The summed E-state index contributed by atoms with van der Waals surface area (Å²) in [5.74, 6) is 0.306. The normalized spacial score (nSPS) is 20.3. The number of nitrogens with zero attached hydrogens (tertiary/aromatic N) is 1. The third-order valence-corrected chi connectivity index (χ3v) is 3.60. The van der Waals surface area contributed by atoms with E-state index in [1.54, 1.807) is 0 Å². The van der Waals surface area contributed by atoms with E-state index >= 15 is 0 Å². The molecule has 1 aromatic carbocycles. The van der Waals surface area contributed by atoms with Crippen LogP contribution in [0.15, 0.2) is 24.3 Å². The first-order valence-corrected chi connectivity index (χ1v) is 6.89. The second kappa shape index (κ2) is 6.06. The molecular weight excluding hydrogens is 240 g/mol. The number of carbonyl (C=O) groups excluding carboxylic acids is 1. The molecule has 1 aliphatic rings. The van der Waals surface area contributed by atoms with Gasteiger partial charge in [-0.3, -0.25) is 4.79 Å². The number of amides is 1. The summed E-state index contributed by atoms with van der Waals surface area (Å²) in [7, 11) is 0. The lowest BCUT2D eigenvalue weighted by atomic mass is 9.99. The van der Waals surface area contributed by atoms with E-state index in [0.717, 1.165) is 18.7 Å². The minimum atomic E-state index is -0.484. The van der Waals surface area contributed by atoms with Gasteiger partial charge in [-0.1, -0.05) is 32.0 Å². The highest BCUT2D eigenvalue weighted by molar-refractivity contribution is 5.86. The molecule has 1 saturated heterocycles. The summed E-state index contributed by atoms with van der Waals surface area (Å²) in [4.78, 5) is 14.0. The molecule has 1 fully saturated rings. The van der Waals surface area contributed by atoms with Gasteiger partial charge in [-0.15, -0.1) is 0 Å². The van der Waals surface area contributed by atoms with Crippen LogP contribution >= 0.6 is 0 Å². The molecule has 0 radical (unpaired) electrons.